The first kappa shape index (κ1) is 12.7. The summed E-state index contributed by atoms with van der Waals surface area (Å²) in [5.74, 6) is 5.16. The average Bonchev–Trinajstić information content (AvgIpc) is 2.44. The zero-order chi connectivity index (χ0) is 13.5. The monoisotopic (exact) mass is 248 g/mol. The lowest BCUT2D eigenvalue weighted by molar-refractivity contribution is -0.131. The Bertz CT molecular complexity index is 658. The van der Waals surface area contributed by atoms with Crippen LogP contribution in [-0.4, -0.2) is 11.1 Å². The van der Waals surface area contributed by atoms with Crippen molar-refractivity contribution in [3.05, 3.63) is 77.4 Å². The molecule has 0 amide bonds. The van der Waals surface area contributed by atoms with Gasteiger partial charge in [0, 0.05) is 17.2 Å². The quantitative estimate of drug-likeness (QED) is 0.654. The van der Waals surface area contributed by atoms with E-state index in [9.17, 15) is 4.79 Å². The first-order chi connectivity index (χ1) is 9.24. The Morgan fingerprint density at radius 2 is 1.63 bits per heavy atom. The summed E-state index contributed by atoms with van der Waals surface area (Å²) >= 11 is 0. The number of carboxylic acid groups (broad SMARTS) is 1. The van der Waals surface area contributed by atoms with Crippen molar-refractivity contribution in [2.45, 2.75) is 0 Å². The van der Waals surface area contributed by atoms with Crippen LogP contribution in [0.3, 0.4) is 0 Å². The number of hydrogen-bond donors (Lipinski definition) is 1. The SMILES string of the molecule is O=C(O)C=Cc1cccc(C#Cc2ccccc2)c1. The van der Waals surface area contributed by atoms with Crippen molar-refractivity contribution < 1.29 is 9.90 Å². The van der Waals surface area contributed by atoms with E-state index in [4.69, 9.17) is 5.11 Å². The fourth-order valence-electron chi connectivity index (χ4n) is 1.55. The second-order valence-corrected chi connectivity index (χ2v) is 3.91. The highest BCUT2D eigenvalue weighted by Gasteiger charge is 1.91. The summed E-state index contributed by atoms with van der Waals surface area (Å²) in [6.07, 6.45) is 2.67. The normalized spacial score (nSPS) is 9.89. The Balaban J connectivity index is 2.21. The van der Waals surface area contributed by atoms with Crippen LogP contribution in [0.15, 0.2) is 60.7 Å². The van der Waals surface area contributed by atoms with Crippen LogP contribution in [0, 0.1) is 11.8 Å². The minimum absolute atomic E-state index is 0.822. The van der Waals surface area contributed by atoms with Crippen molar-refractivity contribution >= 4 is 12.0 Å². The van der Waals surface area contributed by atoms with E-state index in [1.807, 2.05) is 54.6 Å². The highest BCUT2D eigenvalue weighted by atomic mass is 16.4. The maximum atomic E-state index is 10.5. The molecule has 0 heterocycles. The van der Waals surface area contributed by atoms with Gasteiger partial charge in [-0.05, 0) is 35.9 Å². The molecule has 0 aromatic heterocycles. The van der Waals surface area contributed by atoms with Gasteiger partial charge in [-0.15, -0.1) is 0 Å². The topological polar surface area (TPSA) is 37.3 Å². The molecule has 0 aliphatic heterocycles. The molecule has 0 aliphatic carbocycles. The van der Waals surface area contributed by atoms with Crippen LogP contribution in [-0.2, 0) is 4.79 Å². The third-order valence-corrected chi connectivity index (χ3v) is 2.43. The Hall–Kier alpha value is -2.79. The molecule has 19 heavy (non-hydrogen) atoms. The number of carboxylic acids is 1. The van der Waals surface area contributed by atoms with Crippen LogP contribution in [0.25, 0.3) is 6.08 Å². The Morgan fingerprint density at radius 3 is 2.37 bits per heavy atom. The molecule has 0 bridgehead atoms. The summed E-state index contributed by atoms with van der Waals surface area (Å²) in [4.78, 5) is 10.5. The number of carbonyl (C=O) groups is 1. The van der Waals surface area contributed by atoms with Crippen molar-refractivity contribution in [2.24, 2.45) is 0 Å². The molecule has 2 nitrogen and oxygen atoms in total. The highest BCUT2D eigenvalue weighted by Crippen LogP contribution is 2.06. The number of benzene rings is 2. The molecular formula is C17H12O2. The Labute approximate surface area is 112 Å². The second kappa shape index (κ2) is 6.23. The van der Waals surface area contributed by atoms with E-state index in [1.54, 1.807) is 6.08 Å². The van der Waals surface area contributed by atoms with Gasteiger partial charge >= 0.3 is 5.97 Å². The van der Waals surface area contributed by atoms with Crippen LogP contribution in [0.5, 0.6) is 0 Å². The van der Waals surface area contributed by atoms with E-state index in [-0.39, 0.29) is 0 Å². The molecule has 0 aliphatic rings. The van der Waals surface area contributed by atoms with Crippen molar-refractivity contribution in [1.82, 2.24) is 0 Å². The maximum absolute atomic E-state index is 10.5. The minimum atomic E-state index is -0.958. The molecule has 2 aromatic carbocycles. The lowest BCUT2D eigenvalue weighted by Crippen LogP contribution is -1.86. The minimum Gasteiger partial charge on any atom is -0.478 e. The molecule has 2 rings (SSSR count). The van der Waals surface area contributed by atoms with Crippen LogP contribution in [0.1, 0.15) is 16.7 Å². The van der Waals surface area contributed by atoms with Gasteiger partial charge in [-0.1, -0.05) is 42.2 Å². The van der Waals surface area contributed by atoms with Gasteiger partial charge in [-0.3, -0.25) is 0 Å². The molecule has 0 unspecified atom stereocenters. The Kier molecular flexibility index (Phi) is 4.15. The maximum Gasteiger partial charge on any atom is 0.328 e. The van der Waals surface area contributed by atoms with E-state index >= 15 is 0 Å². The molecule has 0 saturated heterocycles. The van der Waals surface area contributed by atoms with Crippen LogP contribution >= 0.6 is 0 Å². The van der Waals surface area contributed by atoms with Crippen molar-refractivity contribution in [3.63, 3.8) is 0 Å². The van der Waals surface area contributed by atoms with Gasteiger partial charge < -0.3 is 5.11 Å². The molecule has 0 saturated carbocycles. The second-order valence-electron chi connectivity index (χ2n) is 3.91. The van der Waals surface area contributed by atoms with Gasteiger partial charge in [0.25, 0.3) is 0 Å². The van der Waals surface area contributed by atoms with Gasteiger partial charge in [-0.2, -0.15) is 0 Å². The van der Waals surface area contributed by atoms with Crippen molar-refractivity contribution in [2.75, 3.05) is 0 Å². The molecule has 0 spiro atoms. The van der Waals surface area contributed by atoms with Crippen LogP contribution in [0.2, 0.25) is 0 Å². The molecule has 1 N–H and O–H groups in total. The van der Waals surface area contributed by atoms with E-state index in [0.717, 1.165) is 22.8 Å². The van der Waals surface area contributed by atoms with Crippen molar-refractivity contribution in [3.8, 4) is 11.8 Å². The summed E-state index contributed by atoms with van der Waals surface area (Å²) in [5.41, 5.74) is 2.63. The summed E-state index contributed by atoms with van der Waals surface area (Å²) in [7, 11) is 0. The van der Waals surface area contributed by atoms with E-state index < -0.39 is 5.97 Å². The van der Waals surface area contributed by atoms with Gasteiger partial charge in [0.1, 0.15) is 0 Å². The Morgan fingerprint density at radius 1 is 0.947 bits per heavy atom. The number of hydrogen-bond acceptors (Lipinski definition) is 1. The predicted molar refractivity (Wildman–Crippen MR) is 75.5 cm³/mol. The molecule has 0 radical (unpaired) electrons. The third-order valence-electron chi connectivity index (χ3n) is 2.43. The molecular weight excluding hydrogens is 236 g/mol. The zero-order valence-electron chi connectivity index (χ0n) is 10.2. The summed E-state index contributed by atoms with van der Waals surface area (Å²) in [6.45, 7) is 0. The van der Waals surface area contributed by atoms with E-state index in [1.165, 1.54) is 0 Å². The summed E-state index contributed by atoms with van der Waals surface area (Å²) in [6, 6.07) is 17.2. The molecule has 92 valence electrons. The van der Waals surface area contributed by atoms with E-state index in [2.05, 4.69) is 11.8 Å². The summed E-state index contributed by atoms with van der Waals surface area (Å²) in [5, 5.41) is 8.58. The molecule has 0 atom stereocenters. The van der Waals surface area contributed by atoms with Gasteiger partial charge in [0.15, 0.2) is 0 Å². The van der Waals surface area contributed by atoms with Crippen LogP contribution in [0.4, 0.5) is 0 Å². The smallest absolute Gasteiger partial charge is 0.328 e. The van der Waals surface area contributed by atoms with Crippen molar-refractivity contribution in [1.29, 1.82) is 0 Å². The lowest BCUT2D eigenvalue weighted by atomic mass is 10.1. The molecule has 2 heteroatoms. The van der Waals surface area contributed by atoms with Gasteiger partial charge in [0.2, 0.25) is 0 Å². The number of aliphatic carboxylic acids is 1. The zero-order valence-corrected chi connectivity index (χ0v) is 10.2. The van der Waals surface area contributed by atoms with Gasteiger partial charge in [0.05, 0.1) is 0 Å². The van der Waals surface area contributed by atoms with Gasteiger partial charge in [-0.25, -0.2) is 4.79 Å². The largest absolute Gasteiger partial charge is 0.478 e. The van der Waals surface area contributed by atoms with Crippen LogP contribution < -0.4 is 0 Å². The lowest BCUT2D eigenvalue weighted by Gasteiger charge is -1.94. The first-order valence-corrected chi connectivity index (χ1v) is 5.82. The first-order valence-electron chi connectivity index (χ1n) is 5.82. The molecule has 0 fully saturated rings. The number of rotatable bonds is 2. The molecule has 2 aromatic rings. The van der Waals surface area contributed by atoms with E-state index in [0.29, 0.717) is 0 Å². The standard InChI is InChI=1S/C17H12O2/c18-17(19)12-11-16-8-4-7-15(13-16)10-9-14-5-2-1-3-6-14/h1-8,11-13H,(H,18,19). The predicted octanol–water partition coefficient (Wildman–Crippen LogP) is 3.18. The fourth-order valence-corrected chi connectivity index (χ4v) is 1.55. The average molecular weight is 248 g/mol. The highest BCUT2D eigenvalue weighted by molar-refractivity contribution is 5.85. The third kappa shape index (κ3) is 4.18. The fraction of sp³-hybridized carbons (Fsp3) is 0. The summed E-state index contributed by atoms with van der Waals surface area (Å²) < 4.78 is 0.